The van der Waals surface area contributed by atoms with Gasteiger partial charge in [-0.25, -0.2) is 4.98 Å². The summed E-state index contributed by atoms with van der Waals surface area (Å²) >= 11 is 0. The van der Waals surface area contributed by atoms with Crippen LogP contribution < -0.4 is 10.2 Å². The average Bonchev–Trinajstić information content (AvgIpc) is 2.63. The van der Waals surface area contributed by atoms with Crippen LogP contribution in [0, 0.1) is 5.41 Å². The summed E-state index contributed by atoms with van der Waals surface area (Å²) in [5.74, 6) is 0.632. The minimum Gasteiger partial charge on any atom is -0.477 e. The Bertz CT molecular complexity index is 611. The van der Waals surface area contributed by atoms with E-state index in [4.69, 9.17) is 19.0 Å². The van der Waals surface area contributed by atoms with Crippen molar-refractivity contribution in [2.45, 2.75) is 85.9 Å². The average molecular weight is 347 g/mol. The number of aromatic nitrogens is 1. The summed E-state index contributed by atoms with van der Waals surface area (Å²) in [5.41, 5.74) is 1.19. The van der Waals surface area contributed by atoms with Gasteiger partial charge in [0.25, 0.3) is 0 Å². The molecule has 0 bridgehead atoms. The molecule has 1 saturated heterocycles. The highest BCUT2D eigenvalue weighted by Crippen LogP contribution is 2.37. The molecule has 1 aliphatic heterocycles. The highest BCUT2D eigenvalue weighted by molar-refractivity contribution is 6.62. The third-order valence-electron chi connectivity index (χ3n) is 4.77. The van der Waals surface area contributed by atoms with E-state index in [0.29, 0.717) is 12.5 Å². The molecule has 4 nitrogen and oxygen atoms in total. The second-order valence-corrected chi connectivity index (χ2v) is 10.3. The Kier molecular flexibility index (Phi) is 5.08. The zero-order valence-electron chi connectivity index (χ0n) is 17.6. The molecule has 0 spiro atoms. The minimum absolute atomic E-state index is 0.0733. The maximum absolute atomic E-state index is 6.21. The van der Waals surface area contributed by atoms with Gasteiger partial charge in [0, 0.05) is 17.2 Å². The van der Waals surface area contributed by atoms with Gasteiger partial charge in [-0.1, -0.05) is 41.5 Å². The first-order valence-corrected chi connectivity index (χ1v) is 9.12. The van der Waals surface area contributed by atoms with Crippen LogP contribution in [0.2, 0.25) is 0 Å². The lowest BCUT2D eigenvalue weighted by molar-refractivity contribution is 0.00578. The number of hydrogen-bond donors (Lipinski definition) is 0. The Morgan fingerprint density at radius 2 is 1.48 bits per heavy atom. The van der Waals surface area contributed by atoms with Gasteiger partial charge in [-0.15, -0.1) is 0 Å². The van der Waals surface area contributed by atoms with Gasteiger partial charge < -0.3 is 14.0 Å². The van der Waals surface area contributed by atoms with Crippen LogP contribution >= 0.6 is 0 Å². The summed E-state index contributed by atoms with van der Waals surface area (Å²) in [6.45, 7) is 21.8. The first-order valence-electron chi connectivity index (χ1n) is 9.12. The van der Waals surface area contributed by atoms with Gasteiger partial charge in [-0.3, -0.25) is 0 Å². The van der Waals surface area contributed by atoms with E-state index in [0.717, 1.165) is 11.2 Å². The van der Waals surface area contributed by atoms with E-state index in [1.807, 2.05) is 6.07 Å². The van der Waals surface area contributed by atoms with Gasteiger partial charge in [-0.2, -0.15) is 0 Å². The van der Waals surface area contributed by atoms with Gasteiger partial charge in [0.15, 0.2) is 0 Å². The zero-order valence-corrected chi connectivity index (χ0v) is 17.6. The summed E-state index contributed by atoms with van der Waals surface area (Å²) in [6, 6.07) is 4.02. The van der Waals surface area contributed by atoms with Gasteiger partial charge in [0.1, 0.15) is 0 Å². The molecule has 0 aromatic carbocycles. The predicted octanol–water partition coefficient (Wildman–Crippen LogP) is 4.10. The molecule has 0 saturated carbocycles. The van der Waals surface area contributed by atoms with Crippen LogP contribution in [0.5, 0.6) is 5.88 Å². The fourth-order valence-corrected chi connectivity index (χ4v) is 2.39. The van der Waals surface area contributed by atoms with Crippen LogP contribution in [0.4, 0.5) is 0 Å². The maximum atomic E-state index is 6.21. The summed E-state index contributed by atoms with van der Waals surface area (Å²) in [7, 11) is -0.411. The lowest BCUT2D eigenvalue weighted by Gasteiger charge is -2.32. The van der Waals surface area contributed by atoms with Gasteiger partial charge >= 0.3 is 7.12 Å². The topological polar surface area (TPSA) is 40.6 Å². The molecule has 25 heavy (non-hydrogen) atoms. The van der Waals surface area contributed by atoms with Gasteiger partial charge in [0.05, 0.1) is 17.8 Å². The fraction of sp³-hybridized carbons (Fsp3) is 0.750. The molecule has 140 valence electrons. The largest absolute Gasteiger partial charge is 0.495 e. The van der Waals surface area contributed by atoms with Crippen LogP contribution in [-0.2, 0) is 14.7 Å². The molecule has 2 rings (SSSR count). The Morgan fingerprint density at radius 1 is 0.960 bits per heavy atom. The van der Waals surface area contributed by atoms with E-state index in [1.165, 1.54) is 0 Å². The molecular formula is C20H34BNO3. The SMILES string of the molecule is CC(C)(C)COc1cc(B2OC(C)(C)C(C)(C)O2)cc(C(C)(C)C)n1. The highest BCUT2D eigenvalue weighted by Gasteiger charge is 2.52. The van der Waals surface area contributed by atoms with Crippen LogP contribution in [0.1, 0.15) is 74.9 Å². The van der Waals surface area contributed by atoms with E-state index in [-0.39, 0.29) is 22.0 Å². The fourth-order valence-electron chi connectivity index (χ4n) is 2.39. The van der Waals surface area contributed by atoms with Crippen molar-refractivity contribution in [1.82, 2.24) is 4.98 Å². The van der Waals surface area contributed by atoms with E-state index in [9.17, 15) is 0 Å². The third kappa shape index (κ3) is 4.76. The first kappa shape index (κ1) is 20.2. The molecule has 0 aliphatic carbocycles. The third-order valence-corrected chi connectivity index (χ3v) is 4.77. The van der Waals surface area contributed by atoms with E-state index < -0.39 is 7.12 Å². The molecule has 0 unspecified atom stereocenters. The summed E-state index contributed by atoms with van der Waals surface area (Å²) < 4.78 is 18.4. The van der Waals surface area contributed by atoms with Crippen molar-refractivity contribution < 1.29 is 14.0 Å². The number of hydrogen-bond acceptors (Lipinski definition) is 4. The molecule has 0 radical (unpaired) electrons. The molecule has 1 aliphatic rings. The maximum Gasteiger partial charge on any atom is 0.495 e. The normalized spacial score (nSPS) is 20.0. The van der Waals surface area contributed by atoms with Crippen molar-refractivity contribution in [3.05, 3.63) is 17.8 Å². The van der Waals surface area contributed by atoms with Crippen LogP contribution in [0.3, 0.4) is 0 Å². The van der Waals surface area contributed by atoms with Crippen molar-refractivity contribution in [3.63, 3.8) is 0 Å². The molecule has 0 atom stereocenters. The Hall–Kier alpha value is -1.07. The number of nitrogens with zero attached hydrogens (tertiary/aromatic N) is 1. The quantitative estimate of drug-likeness (QED) is 0.772. The Balaban J connectivity index is 2.38. The van der Waals surface area contributed by atoms with Crippen LogP contribution in [0.25, 0.3) is 0 Å². The molecule has 1 fully saturated rings. The molecule has 0 amide bonds. The minimum atomic E-state index is -0.411. The smallest absolute Gasteiger partial charge is 0.477 e. The van der Waals surface area contributed by atoms with Crippen molar-refractivity contribution in [3.8, 4) is 5.88 Å². The van der Waals surface area contributed by atoms with Gasteiger partial charge in [-0.05, 0) is 44.6 Å². The standard InChI is InChI=1S/C20H34BNO3/c1-17(2,3)13-23-16-12-14(11-15(22-16)18(4,5)6)21-24-19(7,8)20(9,10)25-21/h11-12H,13H2,1-10H3. The lowest BCUT2D eigenvalue weighted by Crippen LogP contribution is -2.41. The number of ether oxygens (including phenoxy) is 1. The van der Waals surface area contributed by atoms with E-state index in [2.05, 4.69) is 75.3 Å². The monoisotopic (exact) mass is 347 g/mol. The lowest BCUT2D eigenvalue weighted by atomic mass is 9.77. The zero-order chi connectivity index (χ0) is 19.3. The van der Waals surface area contributed by atoms with Gasteiger partial charge in [0.2, 0.25) is 5.88 Å². The second kappa shape index (κ2) is 6.28. The molecule has 2 heterocycles. The van der Waals surface area contributed by atoms with E-state index >= 15 is 0 Å². The van der Waals surface area contributed by atoms with Crippen molar-refractivity contribution in [2.24, 2.45) is 5.41 Å². The summed E-state index contributed by atoms with van der Waals surface area (Å²) in [5, 5.41) is 0. The molecule has 1 aromatic rings. The Morgan fingerprint density at radius 3 is 1.92 bits per heavy atom. The van der Waals surface area contributed by atoms with Crippen molar-refractivity contribution in [1.29, 1.82) is 0 Å². The van der Waals surface area contributed by atoms with E-state index in [1.54, 1.807) is 0 Å². The van der Waals surface area contributed by atoms with Crippen LogP contribution in [0.15, 0.2) is 12.1 Å². The summed E-state index contributed by atoms with van der Waals surface area (Å²) in [4.78, 5) is 4.72. The predicted molar refractivity (Wildman–Crippen MR) is 104 cm³/mol. The summed E-state index contributed by atoms with van der Waals surface area (Å²) in [6.07, 6.45) is 0. The molecule has 1 aromatic heterocycles. The Labute approximate surface area is 153 Å². The molecule has 0 N–H and O–H groups in total. The molecular weight excluding hydrogens is 313 g/mol. The first-order chi connectivity index (χ1) is 11.1. The molecule has 5 heteroatoms. The second-order valence-electron chi connectivity index (χ2n) is 10.3. The number of pyridine rings is 1. The van der Waals surface area contributed by atoms with Crippen molar-refractivity contribution >= 4 is 12.6 Å². The highest BCUT2D eigenvalue weighted by atomic mass is 16.7. The van der Waals surface area contributed by atoms with Crippen molar-refractivity contribution in [2.75, 3.05) is 6.61 Å². The number of rotatable bonds is 3. The van der Waals surface area contributed by atoms with Crippen LogP contribution in [-0.4, -0.2) is 29.9 Å².